The van der Waals surface area contributed by atoms with Crippen LogP contribution < -0.4 is 20.5 Å². The van der Waals surface area contributed by atoms with Crippen LogP contribution in [-0.2, 0) is 22.4 Å². The van der Waals surface area contributed by atoms with Crippen molar-refractivity contribution in [3.8, 4) is 28.6 Å². The van der Waals surface area contributed by atoms with E-state index in [0.717, 1.165) is 28.1 Å². The number of amides is 2. The number of halogens is 2. The second-order valence-electron chi connectivity index (χ2n) is 9.65. The Morgan fingerprint density at radius 1 is 1.12 bits per heavy atom. The highest BCUT2D eigenvalue weighted by Gasteiger charge is 2.23. The van der Waals surface area contributed by atoms with Crippen molar-refractivity contribution < 1.29 is 19.1 Å². The van der Waals surface area contributed by atoms with Crippen LogP contribution in [0.5, 0.6) is 11.6 Å². The van der Waals surface area contributed by atoms with E-state index in [0.29, 0.717) is 40.2 Å². The molecule has 2 heterocycles. The van der Waals surface area contributed by atoms with Crippen LogP contribution >= 0.6 is 35.0 Å². The first-order valence-electron chi connectivity index (χ1n) is 13.6. The molecule has 0 fully saturated rings. The first-order chi connectivity index (χ1) is 20.8. The SMILES string of the molecule is COc1ccc(C[C@H](NC(=O)CCCOc2c(CCSC)c(-c3cccnc3)nn2-c2ccc(Cl)c(Cl)c2)C(N)=O)cc1. The molecule has 4 rings (SSSR count). The fraction of sp³-hybridized carbons (Fsp3) is 0.290. The number of primary amides is 1. The number of benzene rings is 2. The average Bonchev–Trinajstić information content (AvgIpc) is 3.38. The normalized spacial score (nSPS) is 11.6. The molecule has 0 saturated carbocycles. The number of methoxy groups -OCH3 is 1. The lowest BCUT2D eigenvalue weighted by atomic mass is 10.0. The lowest BCUT2D eigenvalue weighted by Gasteiger charge is -2.16. The van der Waals surface area contributed by atoms with Crippen LogP contribution in [0.1, 0.15) is 24.0 Å². The Labute approximate surface area is 265 Å². The molecule has 226 valence electrons. The first kappa shape index (κ1) is 32.2. The minimum atomic E-state index is -0.835. The van der Waals surface area contributed by atoms with E-state index in [4.69, 9.17) is 43.5 Å². The van der Waals surface area contributed by atoms with Crippen LogP contribution in [0.4, 0.5) is 0 Å². The number of aromatic nitrogens is 3. The van der Waals surface area contributed by atoms with Gasteiger partial charge in [0.25, 0.3) is 0 Å². The lowest BCUT2D eigenvalue weighted by molar-refractivity contribution is -0.127. The van der Waals surface area contributed by atoms with Gasteiger partial charge in [-0.15, -0.1) is 0 Å². The number of carbonyl (C=O) groups excluding carboxylic acids is 2. The van der Waals surface area contributed by atoms with Crippen molar-refractivity contribution in [1.82, 2.24) is 20.1 Å². The third-order valence-electron chi connectivity index (χ3n) is 6.64. The zero-order valence-corrected chi connectivity index (χ0v) is 26.2. The van der Waals surface area contributed by atoms with E-state index in [2.05, 4.69) is 10.3 Å². The number of nitrogens with two attached hydrogens (primary N) is 1. The number of nitrogens with one attached hydrogen (secondary N) is 1. The summed E-state index contributed by atoms with van der Waals surface area (Å²) < 4.78 is 13.2. The first-order valence-corrected chi connectivity index (χ1v) is 15.8. The van der Waals surface area contributed by atoms with Crippen molar-refractivity contribution in [1.29, 1.82) is 0 Å². The monoisotopic (exact) mass is 641 g/mol. The van der Waals surface area contributed by atoms with Crippen LogP contribution in [0.2, 0.25) is 10.0 Å². The highest BCUT2D eigenvalue weighted by atomic mass is 35.5. The van der Waals surface area contributed by atoms with E-state index < -0.39 is 11.9 Å². The van der Waals surface area contributed by atoms with Gasteiger partial charge in [0.05, 0.1) is 29.4 Å². The third kappa shape index (κ3) is 8.65. The van der Waals surface area contributed by atoms with E-state index in [1.165, 1.54) is 0 Å². The standard InChI is InChI=1S/C31H33Cl2N5O4S/c1-41-23-10-7-20(8-11-23)17-27(30(34)40)36-28(39)6-4-15-42-31-24(13-16-43-2)29(21-5-3-14-35-19-21)37-38(31)22-9-12-25(32)26(33)18-22/h3,5,7-12,14,18-19,27H,4,6,13,15-17H2,1-2H3,(H2,34,40)(H,36,39)/t27-/m0/s1. The molecule has 2 aromatic carbocycles. The molecule has 0 bridgehead atoms. The van der Waals surface area contributed by atoms with Crippen molar-refractivity contribution >= 4 is 46.8 Å². The number of ether oxygens (including phenoxy) is 2. The molecule has 1 atom stereocenters. The van der Waals surface area contributed by atoms with Gasteiger partial charge in [-0.1, -0.05) is 35.3 Å². The molecule has 0 spiro atoms. The van der Waals surface area contributed by atoms with Gasteiger partial charge in [-0.2, -0.15) is 16.9 Å². The summed E-state index contributed by atoms with van der Waals surface area (Å²) >= 11 is 14.2. The van der Waals surface area contributed by atoms with Gasteiger partial charge in [0.2, 0.25) is 17.7 Å². The highest BCUT2D eigenvalue weighted by molar-refractivity contribution is 7.98. The molecule has 0 unspecified atom stereocenters. The molecule has 9 nitrogen and oxygen atoms in total. The summed E-state index contributed by atoms with van der Waals surface area (Å²) in [4.78, 5) is 29.1. The molecular weight excluding hydrogens is 609 g/mol. The van der Waals surface area contributed by atoms with E-state index in [-0.39, 0.29) is 25.4 Å². The van der Waals surface area contributed by atoms with Gasteiger partial charge in [0.1, 0.15) is 17.5 Å². The van der Waals surface area contributed by atoms with Gasteiger partial charge in [-0.3, -0.25) is 14.6 Å². The zero-order valence-electron chi connectivity index (χ0n) is 23.9. The lowest BCUT2D eigenvalue weighted by Crippen LogP contribution is -2.45. The quantitative estimate of drug-likeness (QED) is 0.164. The molecular formula is C31H33Cl2N5O4S. The predicted octanol–water partition coefficient (Wildman–Crippen LogP) is 5.53. The fourth-order valence-corrected chi connectivity index (χ4v) is 5.13. The van der Waals surface area contributed by atoms with Gasteiger partial charge in [0, 0.05) is 36.4 Å². The number of pyridine rings is 1. The number of hydrogen-bond donors (Lipinski definition) is 2. The summed E-state index contributed by atoms with van der Waals surface area (Å²) in [5.74, 6) is 1.21. The molecule has 2 aromatic heterocycles. The number of rotatable bonds is 15. The summed E-state index contributed by atoms with van der Waals surface area (Å²) in [6, 6.07) is 15.5. The summed E-state index contributed by atoms with van der Waals surface area (Å²) in [7, 11) is 1.58. The van der Waals surface area contributed by atoms with Gasteiger partial charge in [-0.05, 0) is 72.9 Å². The summed E-state index contributed by atoms with van der Waals surface area (Å²) in [5, 5.41) is 8.48. The Bertz CT molecular complexity index is 1530. The van der Waals surface area contributed by atoms with Crippen molar-refractivity contribution in [2.24, 2.45) is 5.73 Å². The Balaban J connectivity index is 1.49. The third-order valence-corrected chi connectivity index (χ3v) is 7.99. The Hall–Kier alpha value is -3.73. The van der Waals surface area contributed by atoms with E-state index >= 15 is 0 Å². The van der Waals surface area contributed by atoms with Crippen molar-refractivity contribution in [3.05, 3.63) is 88.2 Å². The van der Waals surface area contributed by atoms with Crippen LogP contribution in [0, 0.1) is 0 Å². The topological polar surface area (TPSA) is 121 Å². The zero-order chi connectivity index (χ0) is 30.8. The minimum absolute atomic E-state index is 0.142. The molecule has 0 aliphatic carbocycles. The second-order valence-corrected chi connectivity index (χ2v) is 11.5. The number of thioether (sulfide) groups is 1. The summed E-state index contributed by atoms with van der Waals surface area (Å²) in [6.45, 7) is 0.235. The summed E-state index contributed by atoms with van der Waals surface area (Å²) in [5.41, 5.74) is 9.65. The highest BCUT2D eigenvalue weighted by Crippen LogP contribution is 2.35. The minimum Gasteiger partial charge on any atom is -0.497 e. The van der Waals surface area contributed by atoms with E-state index in [9.17, 15) is 9.59 Å². The number of nitrogens with zero attached hydrogens (tertiary/aromatic N) is 3. The molecule has 0 aliphatic rings. The smallest absolute Gasteiger partial charge is 0.240 e. The Morgan fingerprint density at radius 3 is 2.56 bits per heavy atom. The molecule has 43 heavy (non-hydrogen) atoms. The predicted molar refractivity (Wildman–Crippen MR) is 171 cm³/mol. The molecule has 0 aliphatic heterocycles. The maximum Gasteiger partial charge on any atom is 0.240 e. The van der Waals surface area contributed by atoms with Gasteiger partial charge >= 0.3 is 0 Å². The molecule has 2 amide bonds. The number of carbonyl (C=O) groups is 2. The fourth-order valence-electron chi connectivity index (χ4n) is 4.43. The van der Waals surface area contributed by atoms with Crippen LogP contribution in [0.3, 0.4) is 0 Å². The maximum absolute atomic E-state index is 12.8. The molecule has 4 aromatic rings. The van der Waals surface area contributed by atoms with Gasteiger partial charge in [0.15, 0.2) is 0 Å². The Kier molecular flexibility index (Phi) is 11.7. The van der Waals surface area contributed by atoms with E-state index in [1.807, 2.05) is 36.6 Å². The van der Waals surface area contributed by atoms with Crippen LogP contribution in [0.15, 0.2) is 67.0 Å². The van der Waals surface area contributed by atoms with Crippen molar-refractivity contribution in [2.75, 3.05) is 25.7 Å². The molecule has 0 saturated heterocycles. The van der Waals surface area contributed by atoms with E-state index in [1.54, 1.807) is 60.2 Å². The van der Waals surface area contributed by atoms with Gasteiger partial charge in [-0.25, -0.2) is 4.68 Å². The molecule has 12 heteroatoms. The van der Waals surface area contributed by atoms with Crippen LogP contribution in [-0.4, -0.2) is 58.3 Å². The maximum atomic E-state index is 12.8. The number of hydrogen-bond acceptors (Lipinski definition) is 7. The molecule has 3 N–H and O–H groups in total. The van der Waals surface area contributed by atoms with Crippen molar-refractivity contribution in [3.63, 3.8) is 0 Å². The molecule has 0 radical (unpaired) electrons. The largest absolute Gasteiger partial charge is 0.497 e. The Morgan fingerprint density at radius 2 is 1.91 bits per heavy atom. The second kappa shape index (κ2) is 15.7. The van der Waals surface area contributed by atoms with Crippen LogP contribution in [0.25, 0.3) is 16.9 Å². The summed E-state index contributed by atoms with van der Waals surface area (Å²) in [6.07, 6.45) is 7.04. The van der Waals surface area contributed by atoms with Crippen molar-refractivity contribution in [2.45, 2.75) is 31.7 Å². The van der Waals surface area contributed by atoms with Gasteiger partial charge < -0.3 is 20.5 Å². The average molecular weight is 643 g/mol.